The summed E-state index contributed by atoms with van der Waals surface area (Å²) in [6.45, 7) is 2.58. The zero-order valence-electron chi connectivity index (χ0n) is 9.90. The average Bonchev–Trinajstić information content (AvgIpc) is 2.39. The molecule has 1 aliphatic heterocycles. The number of anilines is 1. The number of aryl methyl sites for hydroxylation is 1. The molecule has 2 N–H and O–H groups in total. The monoisotopic (exact) mass is 240 g/mol. The van der Waals surface area contributed by atoms with Gasteiger partial charge in [-0.2, -0.15) is 0 Å². The van der Waals surface area contributed by atoms with E-state index < -0.39 is 0 Å². The first-order chi connectivity index (χ1) is 8.74. The molecule has 0 aliphatic carbocycles. The molecule has 18 heavy (non-hydrogen) atoms. The summed E-state index contributed by atoms with van der Waals surface area (Å²) >= 11 is 0. The van der Waals surface area contributed by atoms with Crippen LogP contribution < -0.4 is 10.9 Å². The maximum absolute atomic E-state index is 11.5. The number of aromatic amines is 1. The van der Waals surface area contributed by atoms with Crippen LogP contribution in [0.2, 0.25) is 0 Å². The van der Waals surface area contributed by atoms with Gasteiger partial charge in [-0.25, -0.2) is 9.98 Å². The second-order valence-corrected chi connectivity index (χ2v) is 4.21. The molecule has 0 saturated carbocycles. The molecule has 0 saturated heterocycles. The fourth-order valence-electron chi connectivity index (χ4n) is 1.89. The Labute approximate surface area is 104 Å². The molecule has 0 radical (unpaired) electrons. The largest absolute Gasteiger partial charge is 0.372 e. The molecule has 2 aromatic rings. The molecule has 0 amide bonds. The minimum Gasteiger partial charge on any atom is -0.372 e. The van der Waals surface area contributed by atoms with E-state index in [2.05, 4.69) is 20.3 Å². The minimum atomic E-state index is -0.188. The van der Waals surface area contributed by atoms with Crippen LogP contribution in [-0.4, -0.2) is 22.2 Å². The van der Waals surface area contributed by atoms with Crippen molar-refractivity contribution < 1.29 is 0 Å². The normalized spacial score (nSPS) is 13.5. The van der Waals surface area contributed by atoms with Crippen molar-refractivity contribution in [2.75, 3.05) is 11.9 Å². The predicted molar refractivity (Wildman–Crippen MR) is 70.7 cm³/mol. The van der Waals surface area contributed by atoms with Crippen LogP contribution in [0, 0.1) is 6.92 Å². The van der Waals surface area contributed by atoms with Gasteiger partial charge in [-0.1, -0.05) is 29.8 Å². The molecular formula is C13H12N4O. The van der Waals surface area contributed by atoms with Gasteiger partial charge in [0.15, 0.2) is 5.82 Å². The van der Waals surface area contributed by atoms with Crippen LogP contribution in [0.4, 0.5) is 11.5 Å². The number of hydrogen-bond donors (Lipinski definition) is 2. The summed E-state index contributed by atoms with van der Waals surface area (Å²) in [5.41, 5.74) is 3.39. The standard InChI is InChI=1S/C13H12N4O/c1-8-2-4-9(5-3-8)10-6-14-11-12(17-10)15-7-16-13(11)18/h2-5,7,14H,6H2,1H3,(H,15,16,18). The van der Waals surface area contributed by atoms with Crippen molar-refractivity contribution in [1.29, 1.82) is 0 Å². The van der Waals surface area contributed by atoms with E-state index in [1.165, 1.54) is 11.9 Å². The van der Waals surface area contributed by atoms with Gasteiger partial charge in [0.05, 0.1) is 18.6 Å². The second-order valence-electron chi connectivity index (χ2n) is 4.21. The van der Waals surface area contributed by atoms with Crippen LogP contribution in [0.5, 0.6) is 0 Å². The van der Waals surface area contributed by atoms with Gasteiger partial charge >= 0.3 is 0 Å². The molecule has 0 spiro atoms. The van der Waals surface area contributed by atoms with Crippen LogP contribution in [-0.2, 0) is 0 Å². The SMILES string of the molecule is Cc1ccc(C2=Nc3nc[nH]c(=O)c3NC2)cc1. The zero-order chi connectivity index (χ0) is 12.5. The molecule has 0 unspecified atom stereocenters. The lowest BCUT2D eigenvalue weighted by molar-refractivity contribution is 1.08. The van der Waals surface area contributed by atoms with Crippen LogP contribution in [0.15, 0.2) is 40.4 Å². The quantitative estimate of drug-likeness (QED) is 0.795. The minimum absolute atomic E-state index is 0.188. The molecule has 5 nitrogen and oxygen atoms in total. The highest BCUT2D eigenvalue weighted by Crippen LogP contribution is 2.22. The lowest BCUT2D eigenvalue weighted by Crippen LogP contribution is -2.24. The zero-order valence-corrected chi connectivity index (χ0v) is 9.90. The molecule has 90 valence electrons. The van der Waals surface area contributed by atoms with Crippen molar-refractivity contribution in [2.24, 2.45) is 4.99 Å². The fraction of sp³-hybridized carbons (Fsp3) is 0.154. The van der Waals surface area contributed by atoms with Crippen LogP contribution >= 0.6 is 0 Å². The molecule has 1 aliphatic rings. The van der Waals surface area contributed by atoms with Crippen molar-refractivity contribution in [1.82, 2.24) is 9.97 Å². The van der Waals surface area contributed by atoms with Gasteiger partial charge in [0.1, 0.15) is 5.69 Å². The molecular weight excluding hydrogens is 228 g/mol. The Morgan fingerprint density at radius 3 is 2.78 bits per heavy atom. The number of fused-ring (bicyclic) bond motifs is 1. The van der Waals surface area contributed by atoms with E-state index in [0.717, 1.165) is 11.3 Å². The van der Waals surface area contributed by atoms with E-state index in [1.54, 1.807) is 0 Å². The summed E-state index contributed by atoms with van der Waals surface area (Å²) in [4.78, 5) is 22.5. The van der Waals surface area contributed by atoms with E-state index >= 15 is 0 Å². The molecule has 0 bridgehead atoms. The molecule has 1 aromatic heterocycles. The fourth-order valence-corrected chi connectivity index (χ4v) is 1.89. The topological polar surface area (TPSA) is 70.1 Å². The average molecular weight is 240 g/mol. The van der Waals surface area contributed by atoms with Crippen molar-refractivity contribution in [3.05, 3.63) is 52.1 Å². The molecule has 1 aromatic carbocycles. The number of aliphatic imine (C=N–C) groups is 1. The first kappa shape index (κ1) is 10.7. The lowest BCUT2D eigenvalue weighted by Gasteiger charge is -2.15. The Bertz CT molecular complexity index is 670. The number of nitrogens with one attached hydrogen (secondary N) is 2. The summed E-state index contributed by atoms with van der Waals surface area (Å²) in [6.07, 6.45) is 1.37. The molecule has 5 heteroatoms. The number of H-pyrrole nitrogens is 1. The Morgan fingerprint density at radius 2 is 2.00 bits per heavy atom. The second kappa shape index (κ2) is 4.10. The summed E-state index contributed by atoms with van der Waals surface area (Å²) in [7, 11) is 0. The molecule has 3 rings (SSSR count). The van der Waals surface area contributed by atoms with Gasteiger partial charge in [-0.3, -0.25) is 4.79 Å². The molecule has 0 fully saturated rings. The van der Waals surface area contributed by atoms with Crippen LogP contribution in [0.25, 0.3) is 0 Å². The van der Waals surface area contributed by atoms with Gasteiger partial charge < -0.3 is 10.3 Å². The van der Waals surface area contributed by atoms with Crippen LogP contribution in [0.3, 0.4) is 0 Å². The Hall–Kier alpha value is -2.43. The highest BCUT2D eigenvalue weighted by Gasteiger charge is 2.16. The highest BCUT2D eigenvalue weighted by atomic mass is 16.1. The first-order valence-corrected chi connectivity index (χ1v) is 5.70. The highest BCUT2D eigenvalue weighted by molar-refractivity contribution is 6.06. The maximum atomic E-state index is 11.5. The number of hydrogen-bond acceptors (Lipinski definition) is 4. The molecule has 0 atom stereocenters. The summed E-state index contributed by atoms with van der Waals surface area (Å²) in [6, 6.07) is 8.12. The van der Waals surface area contributed by atoms with Crippen molar-refractivity contribution in [2.45, 2.75) is 6.92 Å². The predicted octanol–water partition coefficient (Wildman–Crippen LogP) is 1.62. The third kappa shape index (κ3) is 1.79. The van der Waals surface area contributed by atoms with Gasteiger partial charge in [-0.15, -0.1) is 0 Å². The molecule has 2 heterocycles. The van der Waals surface area contributed by atoms with Crippen molar-refractivity contribution in [3.63, 3.8) is 0 Å². The number of benzene rings is 1. The lowest BCUT2D eigenvalue weighted by atomic mass is 10.1. The van der Waals surface area contributed by atoms with E-state index in [0.29, 0.717) is 18.1 Å². The summed E-state index contributed by atoms with van der Waals surface area (Å²) < 4.78 is 0. The third-order valence-corrected chi connectivity index (χ3v) is 2.89. The van der Waals surface area contributed by atoms with Gasteiger partial charge in [-0.05, 0) is 12.5 Å². The van der Waals surface area contributed by atoms with Crippen LogP contribution in [0.1, 0.15) is 11.1 Å². The van der Waals surface area contributed by atoms with E-state index in [-0.39, 0.29) is 5.56 Å². The Kier molecular flexibility index (Phi) is 2.44. The third-order valence-electron chi connectivity index (χ3n) is 2.89. The van der Waals surface area contributed by atoms with Gasteiger partial charge in [0, 0.05) is 0 Å². The van der Waals surface area contributed by atoms with Gasteiger partial charge in [0.25, 0.3) is 5.56 Å². The van der Waals surface area contributed by atoms with Gasteiger partial charge in [0.2, 0.25) is 0 Å². The number of aromatic nitrogens is 2. The van der Waals surface area contributed by atoms with E-state index in [9.17, 15) is 4.79 Å². The Morgan fingerprint density at radius 1 is 1.22 bits per heavy atom. The number of nitrogens with zero attached hydrogens (tertiary/aromatic N) is 2. The summed E-state index contributed by atoms with van der Waals surface area (Å²) in [5.74, 6) is 0.445. The van der Waals surface area contributed by atoms with E-state index in [4.69, 9.17) is 0 Å². The first-order valence-electron chi connectivity index (χ1n) is 5.70. The smallest absolute Gasteiger partial charge is 0.276 e. The number of rotatable bonds is 1. The van der Waals surface area contributed by atoms with Crippen molar-refractivity contribution >= 4 is 17.2 Å². The maximum Gasteiger partial charge on any atom is 0.276 e. The summed E-state index contributed by atoms with van der Waals surface area (Å²) in [5, 5.41) is 3.06. The van der Waals surface area contributed by atoms with E-state index in [1.807, 2.05) is 31.2 Å². The Balaban J connectivity index is 2.06. The van der Waals surface area contributed by atoms with Crippen molar-refractivity contribution in [3.8, 4) is 0 Å².